The van der Waals surface area contributed by atoms with E-state index in [1.165, 1.54) is 0 Å². The first-order valence-electron chi connectivity index (χ1n) is 8.13. The number of anilines is 2. The number of carboxylic acids is 1. The summed E-state index contributed by atoms with van der Waals surface area (Å²) in [6, 6.07) is 3.38. The molecule has 3 rings (SSSR count). The maximum Gasteiger partial charge on any atom is 0.309 e. The summed E-state index contributed by atoms with van der Waals surface area (Å²) in [7, 11) is 0. The number of hydrogen-bond acceptors (Lipinski definition) is 6. The van der Waals surface area contributed by atoms with E-state index in [0.29, 0.717) is 5.69 Å². The number of aromatic nitrogens is 1. The Bertz CT molecular complexity index is 883. The van der Waals surface area contributed by atoms with Gasteiger partial charge in [-0.25, -0.2) is 9.88 Å². The fraction of sp³-hybridized carbons (Fsp3) is 0.333. The molecule has 0 aliphatic carbocycles. The van der Waals surface area contributed by atoms with Gasteiger partial charge in [0.05, 0.1) is 18.5 Å². The first-order valence-corrected chi connectivity index (χ1v) is 9.01. The molecular weight excluding hydrogens is 354 g/mol. The summed E-state index contributed by atoms with van der Waals surface area (Å²) >= 11 is 1.09. The minimum atomic E-state index is -1.01. The number of carbonyl (C=O) groups is 3. The quantitative estimate of drug-likeness (QED) is 0.781. The SMILES string of the molecule is Cc1cc(C)c(NC2CC(=O)N(c3nc(CC(=O)O)cs3)C2=O)c(C)c1. The maximum absolute atomic E-state index is 12.7. The Morgan fingerprint density at radius 3 is 2.58 bits per heavy atom. The Labute approximate surface area is 154 Å². The highest BCUT2D eigenvalue weighted by atomic mass is 32.1. The lowest BCUT2D eigenvalue weighted by atomic mass is 10.0. The van der Waals surface area contributed by atoms with Crippen LogP contribution in [0.3, 0.4) is 0 Å². The third kappa shape index (κ3) is 3.45. The van der Waals surface area contributed by atoms with Crippen LogP contribution in [-0.2, 0) is 20.8 Å². The Morgan fingerprint density at radius 2 is 1.96 bits per heavy atom. The Balaban J connectivity index is 1.81. The normalized spacial score (nSPS) is 17.0. The van der Waals surface area contributed by atoms with Crippen LogP contribution in [0, 0.1) is 20.8 Å². The van der Waals surface area contributed by atoms with E-state index < -0.39 is 12.0 Å². The van der Waals surface area contributed by atoms with Crippen molar-refractivity contribution < 1.29 is 19.5 Å². The average molecular weight is 373 g/mol. The Hall–Kier alpha value is -2.74. The molecular formula is C18H19N3O4S. The summed E-state index contributed by atoms with van der Waals surface area (Å²) in [6.07, 6.45) is -0.199. The smallest absolute Gasteiger partial charge is 0.309 e. The molecule has 2 heterocycles. The second-order valence-corrected chi connectivity index (χ2v) is 7.27. The topological polar surface area (TPSA) is 99.6 Å². The standard InChI is InChI=1S/C18H19N3O4S/c1-9-4-10(2)16(11(3)5-9)20-13-7-14(22)21(17(13)25)18-19-12(8-26-18)6-15(23)24/h4-5,8,13,20H,6-7H2,1-3H3,(H,23,24). The van der Waals surface area contributed by atoms with Crippen molar-refractivity contribution in [3.8, 4) is 0 Å². The second-order valence-electron chi connectivity index (χ2n) is 6.43. The minimum absolute atomic E-state index is 0.0411. The summed E-state index contributed by atoms with van der Waals surface area (Å²) in [5.41, 5.74) is 4.35. The highest BCUT2D eigenvalue weighted by Gasteiger charge is 2.41. The zero-order valence-corrected chi connectivity index (χ0v) is 15.5. The molecule has 2 N–H and O–H groups in total. The van der Waals surface area contributed by atoms with Crippen molar-refractivity contribution in [3.63, 3.8) is 0 Å². The van der Waals surface area contributed by atoms with Crippen molar-refractivity contribution in [2.75, 3.05) is 10.2 Å². The molecule has 0 saturated carbocycles. The molecule has 26 heavy (non-hydrogen) atoms. The number of imide groups is 1. The number of hydrogen-bond donors (Lipinski definition) is 2. The van der Waals surface area contributed by atoms with Gasteiger partial charge in [0.15, 0.2) is 5.13 Å². The lowest BCUT2D eigenvalue weighted by Crippen LogP contribution is -2.35. The minimum Gasteiger partial charge on any atom is -0.481 e. The number of carboxylic acid groups (broad SMARTS) is 1. The van der Waals surface area contributed by atoms with Crippen molar-refractivity contribution in [1.29, 1.82) is 0 Å². The second kappa shape index (κ2) is 6.87. The number of thiazole rings is 1. The highest BCUT2D eigenvalue weighted by Crippen LogP contribution is 2.30. The molecule has 0 bridgehead atoms. The van der Waals surface area contributed by atoms with Gasteiger partial charge in [-0.05, 0) is 31.9 Å². The van der Waals surface area contributed by atoms with E-state index in [-0.39, 0.29) is 29.8 Å². The van der Waals surface area contributed by atoms with Gasteiger partial charge in [-0.15, -0.1) is 11.3 Å². The summed E-state index contributed by atoms with van der Waals surface area (Å²) in [6.45, 7) is 5.92. The number of nitrogens with zero attached hydrogens (tertiary/aromatic N) is 2. The summed E-state index contributed by atoms with van der Waals surface area (Å²) in [4.78, 5) is 41.0. The Morgan fingerprint density at radius 1 is 1.31 bits per heavy atom. The van der Waals surface area contributed by atoms with E-state index in [1.54, 1.807) is 5.38 Å². The van der Waals surface area contributed by atoms with E-state index in [9.17, 15) is 14.4 Å². The molecule has 136 valence electrons. The average Bonchev–Trinajstić information content (AvgIpc) is 3.07. The monoisotopic (exact) mass is 373 g/mol. The predicted octanol–water partition coefficient (Wildman–Crippen LogP) is 2.44. The number of benzene rings is 1. The van der Waals surface area contributed by atoms with E-state index in [2.05, 4.69) is 10.3 Å². The fourth-order valence-electron chi connectivity index (χ4n) is 3.16. The molecule has 7 nitrogen and oxygen atoms in total. The van der Waals surface area contributed by atoms with E-state index >= 15 is 0 Å². The molecule has 1 unspecified atom stereocenters. The van der Waals surface area contributed by atoms with Gasteiger partial charge in [0, 0.05) is 11.1 Å². The van der Waals surface area contributed by atoms with Crippen LogP contribution in [0.15, 0.2) is 17.5 Å². The van der Waals surface area contributed by atoms with Gasteiger partial charge < -0.3 is 10.4 Å². The fourth-order valence-corrected chi connectivity index (χ4v) is 4.01. The third-order valence-corrected chi connectivity index (χ3v) is 5.08. The molecule has 2 amide bonds. The summed E-state index contributed by atoms with van der Waals surface area (Å²) in [5.74, 6) is -1.72. The molecule has 1 aromatic heterocycles. The van der Waals surface area contributed by atoms with Crippen molar-refractivity contribution >= 4 is 39.9 Å². The van der Waals surface area contributed by atoms with Crippen LogP contribution in [0.4, 0.5) is 10.8 Å². The summed E-state index contributed by atoms with van der Waals surface area (Å²) in [5, 5.41) is 13.8. The lowest BCUT2D eigenvalue weighted by molar-refractivity contribution is -0.136. The largest absolute Gasteiger partial charge is 0.481 e. The van der Waals surface area contributed by atoms with Crippen LogP contribution in [0.5, 0.6) is 0 Å². The van der Waals surface area contributed by atoms with Crippen molar-refractivity contribution in [2.24, 2.45) is 0 Å². The molecule has 0 spiro atoms. The highest BCUT2D eigenvalue weighted by molar-refractivity contribution is 7.14. The van der Waals surface area contributed by atoms with Crippen molar-refractivity contribution in [1.82, 2.24) is 4.98 Å². The number of amides is 2. The molecule has 0 radical (unpaired) electrons. The van der Waals surface area contributed by atoms with Gasteiger partial charge in [0.2, 0.25) is 5.91 Å². The molecule has 1 aliphatic heterocycles. The molecule has 2 aromatic rings. The zero-order valence-electron chi connectivity index (χ0n) is 14.7. The van der Waals surface area contributed by atoms with Crippen LogP contribution in [0.2, 0.25) is 0 Å². The van der Waals surface area contributed by atoms with Crippen LogP contribution >= 0.6 is 11.3 Å². The molecule has 1 aromatic carbocycles. The number of aliphatic carboxylic acids is 1. The lowest BCUT2D eigenvalue weighted by Gasteiger charge is -2.18. The van der Waals surface area contributed by atoms with E-state index in [4.69, 9.17) is 5.11 Å². The number of rotatable bonds is 5. The Kier molecular flexibility index (Phi) is 4.78. The van der Waals surface area contributed by atoms with Gasteiger partial charge >= 0.3 is 5.97 Å². The molecule has 1 atom stereocenters. The third-order valence-electron chi connectivity index (χ3n) is 4.21. The molecule has 1 saturated heterocycles. The predicted molar refractivity (Wildman–Crippen MR) is 98.6 cm³/mol. The summed E-state index contributed by atoms with van der Waals surface area (Å²) < 4.78 is 0. The molecule has 1 fully saturated rings. The first-order chi connectivity index (χ1) is 12.3. The molecule has 1 aliphatic rings. The first kappa shape index (κ1) is 18.1. The van der Waals surface area contributed by atoms with Crippen LogP contribution in [-0.4, -0.2) is 33.9 Å². The van der Waals surface area contributed by atoms with Crippen LogP contribution < -0.4 is 10.2 Å². The van der Waals surface area contributed by atoms with Crippen molar-refractivity contribution in [2.45, 2.75) is 39.7 Å². The van der Waals surface area contributed by atoms with Gasteiger partial charge in [0.1, 0.15) is 6.04 Å². The van der Waals surface area contributed by atoms with Gasteiger partial charge in [-0.3, -0.25) is 14.4 Å². The number of carbonyl (C=O) groups excluding carboxylic acids is 2. The van der Waals surface area contributed by atoms with Gasteiger partial charge in [-0.2, -0.15) is 0 Å². The number of aryl methyl sites for hydroxylation is 3. The van der Waals surface area contributed by atoms with E-state index in [0.717, 1.165) is 38.6 Å². The van der Waals surface area contributed by atoms with E-state index in [1.807, 2.05) is 32.9 Å². The van der Waals surface area contributed by atoms with Crippen LogP contribution in [0.1, 0.15) is 28.8 Å². The zero-order chi connectivity index (χ0) is 19.0. The van der Waals surface area contributed by atoms with Crippen LogP contribution in [0.25, 0.3) is 0 Å². The molecule has 8 heteroatoms. The number of nitrogens with one attached hydrogen (secondary N) is 1. The van der Waals surface area contributed by atoms with Gasteiger partial charge in [-0.1, -0.05) is 17.7 Å². The maximum atomic E-state index is 12.7. The van der Waals surface area contributed by atoms with Gasteiger partial charge in [0.25, 0.3) is 5.91 Å². The van der Waals surface area contributed by atoms with Crippen molar-refractivity contribution in [3.05, 3.63) is 39.9 Å².